The van der Waals surface area contributed by atoms with Crippen molar-refractivity contribution in [3.63, 3.8) is 0 Å². The summed E-state index contributed by atoms with van der Waals surface area (Å²) in [6, 6.07) is 16.1. The number of carbonyl (C=O) groups is 2. The SMILES string of the molecule is COc1cc(C(=O)Nc2ccc3c(c2)N(Cc2ccc(Br)cc2)C(=O)CO3)cc(OC)c1OC. The Bertz CT molecular complexity index is 1200. The number of ether oxygens (including phenoxy) is 4. The van der Waals surface area contributed by atoms with Crippen molar-refractivity contribution in [3.05, 3.63) is 70.2 Å². The smallest absolute Gasteiger partial charge is 0.265 e. The molecule has 1 aliphatic rings. The molecule has 34 heavy (non-hydrogen) atoms. The van der Waals surface area contributed by atoms with E-state index in [1.165, 1.54) is 21.3 Å². The van der Waals surface area contributed by atoms with Crippen LogP contribution >= 0.6 is 15.9 Å². The third-order valence-corrected chi connectivity index (χ3v) is 5.87. The van der Waals surface area contributed by atoms with Crippen LogP contribution in [0.25, 0.3) is 0 Å². The van der Waals surface area contributed by atoms with Crippen LogP contribution < -0.4 is 29.2 Å². The highest BCUT2D eigenvalue weighted by Crippen LogP contribution is 2.39. The molecule has 1 N–H and O–H groups in total. The quantitative estimate of drug-likeness (QED) is 0.482. The van der Waals surface area contributed by atoms with E-state index in [1.54, 1.807) is 35.2 Å². The number of hydrogen-bond acceptors (Lipinski definition) is 6. The molecule has 0 spiro atoms. The summed E-state index contributed by atoms with van der Waals surface area (Å²) in [5.74, 6) is 1.18. The average molecular weight is 527 g/mol. The van der Waals surface area contributed by atoms with Crippen molar-refractivity contribution in [3.8, 4) is 23.0 Å². The van der Waals surface area contributed by atoms with Crippen LogP contribution in [0.4, 0.5) is 11.4 Å². The van der Waals surface area contributed by atoms with Crippen molar-refractivity contribution >= 4 is 39.1 Å². The lowest BCUT2D eigenvalue weighted by Gasteiger charge is -2.30. The van der Waals surface area contributed by atoms with Crippen LogP contribution in [-0.2, 0) is 11.3 Å². The predicted octanol–water partition coefficient (Wildman–Crippen LogP) is 4.65. The molecule has 0 atom stereocenters. The summed E-state index contributed by atoms with van der Waals surface area (Å²) in [6.07, 6.45) is 0. The molecule has 0 fully saturated rings. The molecule has 0 aliphatic carbocycles. The Labute approximate surface area is 205 Å². The fourth-order valence-corrected chi connectivity index (χ4v) is 3.91. The van der Waals surface area contributed by atoms with E-state index in [9.17, 15) is 9.59 Å². The van der Waals surface area contributed by atoms with E-state index >= 15 is 0 Å². The van der Waals surface area contributed by atoms with Gasteiger partial charge >= 0.3 is 0 Å². The number of fused-ring (bicyclic) bond motifs is 1. The molecular weight excluding hydrogens is 504 g/mol. The van der Waals surface area contributed by atoms with Crippen LogP contribution in [0.3, 0.4) is 0 Å². The molecule has 0 bridgehead atoms. The van der Waals surface area contributed by atoms with Crippen molar-refractivity contribution < 1.29 is 28.5 Å². The van der Waals surface area contributed by atoms with Crippen molar-refractivity contribution in [2.45, 2.75) is 6.54 Å². The zero-order valence-electron chi connectivity index (χ0n) is 18.9. The topological polar surface area (TPSA) is 86.3 Å². The molecule has 2 amide bonds. The molecule has 3 aromatic carbocycles. The molecule has 0 saturated heterocycles. The zero-order valence-corrected chi connectivity index (χ0v) is 20.5. The first kappa shape index (κ1) is 23.4. The molecule has 0 aromatic heterocycles. The Morgan fingerprint density at radius 1 is 1.00 bits per heavy atom. The van der Waals surface area contributed by atoms with Gasteiger partial charge in [-0.05, 0) is 48.0 Å². The maximum atomic E-state index is 13.0. The van der Waals surface area contributed by atoms with E-state index in [0.29, 0.717) is 46.5 Å². The summed E-state index contributed by atoms with van der Waals surface area (Å²) in [7, 11) is 4.47. The van der Waals surface area contributed by atoms with Crippen LogP contribution in [0.15, 0.2) is 59.1 Å². The van der Waals surface area contributed by atoms with Crippen molar-refractivity contribution in [2.24, 2.45) is 0 Å². The number of nitrogens with zero attached hydrogens (tertiary/aromatic N) is 1. The summed E-state index contributed by atoms with van der Waals surface area (Å²) in [6.45, 7) is 0.341. The molecular formula is C25H23BrN2O6. The molecule has 9 heteroatoms. The number of hydrogen-bond donors (Lipinski definition) is 1. The number of amides is 2. The van der Waals surface area contributed by atoms with E-state index in [1.807, 2.05) is 24.3 Å². The monoisotopic (exact) mass is 526 g/mol. The van der Waals surface area contributed by atoms with Gasteiger partial charge in [-0.2, -0.15) is 0 Å². The van der Waals surface area contributed by atoms with Gasteiger partial charge in [-0.1, -0.05) is 28.1 Å². The van der Waals surface area contributed by atoms with Crippen molar-refractivity contribution in [2.75, 3.05) is 38.2 Å². The highest BCUT2D eigenvalue weighted by atomic mass is 79.9. The first-order valence-electron chi connectivity index (χ1n) is 10.4. The Hall–Kier alpha value is -3.72. The van der Waals surface area contributed by atoms with Gasteiger partial charge in [0.25, 0.3) is 11.8 Å². The first-order valence-corrected chi connectivity index (χ1v) is 11.2. The minimum absolute atomic E-state index is 0.0410. The van der Waals surface area contributed by atoms with Gasteiger partial charge in [-0.25, -0.2) is 0 Å². The summed E-state index contributed by atoms with van der Waals surface area (Å²) in [5, 5.41) is 2.86. The molecule has 0 saturated carbocycles. The molecule has 1 heterocycles. The molecule has 1 aliphatic heterocycles. The van der Waals surface area contributed by atoms with Crippen LogP contribution in [0.2, 0.25) is 0 Å². The second-order valence-corrected chi connectivity index (χ2v) is 8.36. The fraction of sp³-hybridized carbons (Fsp3) is 0.200. The maximum Gasteiger partial charge on any atom is 0.265 e. The van der Waals surface area contributed by atoms with Gasteiger partial charge in [0.15, 0.2) is 18.1 Å². The Balaban J connectivity index is 1.61. The van der Waals surface area contributed by atoms with Gasteiger partial charge in [-0.15, -0.1) is 0 Å². The highest BCUT2D eigenvalue weighted by Gasteiger charge is 2.26. The van der Waals surface area contributed by atoms with Crippen molar-refractivity contribution in [1.82, 2.24) is 0 Å². The fourth-order valence-electron chi connectivity index (χ4n) is 3.64. The lowest BCUT2D eigenvalue weighted by Crippen LogP contribution is -2.38. The molecule has 0 radical (unpaired) electrons. The molecule has 0 unspecified atom stereocenters. The van der Waals surface area contributed by atoms with E-state index in [-0.39, 0.29) is 18.4 Å². The lowest BCUT2D eigenvalue weighted by atomic mass is 10.1. The maximum absolute atomic E-state index is 13.0. The molecule has 8 nitrogen and oxygen atoms in total. The highest BCUT2D eigenvalue weighted by molar-refractivity contribution is 9.10. The predicted molar refractivity (Wildman–Crippen MR) is 131 cm³/mol. The number of anilines is 2. The van der Waals surface area contributed by atoms with Crippen LogP contribution in [0.5, 0.6) is 23.0 Å². The van der Waals surface area contributed by atoms with Crippen LogP contribution in [0.1, 0.15) is 15.9 Å². The third kappa shape index (κ3) is 4.79. The van der Waals surface area contributed by atoms with E-state index in [2.05, 4.69) is 21.2 Å². The molecule has 176 valence electrons. The molecule has 3 aromatic rings. The Kier molecular flexibility index (Phi) is 6.93. The second kappa shape index (κ2) is 10.0. The average Bonchev–Trinajstić information content (AvgIpc) is 2.86. The van der Waals surface area contributed by atoms with Gasteiger partial charge in [-0.3, -0.25) is 9.59 Å². The normalized spacial score (nSPS) is 12.5. The second-order valence-electron chi connectivity index (χ2n) is 7.45. The number of methoxy groups -OCH3 is 3. The number of benzene rings is 3. The Morgan fingerprint density at radius 2 is 1.68 bits per heavy atom. The van der Waals surface area contributed by atoms with Gasteiger partial charge < -0.3 is 29.2 Å². The lowest BCUT2D eigenvalue weighted by molar-refractivity contribution is -0.121. The number of halogens is 1. The molecule has 4 rings (SSSR count). The number of carbonyl (C=O) groups excluding carboxylic acids is 2. The van der Waals surface area contributed by atoms with E-state index in [4.69, 9.17) is 18.9 Å². The largest absolute Gasteiger partial charge is 0.493 e. The first-order chi connectivity index (χ1) is 16.4. The van der Waals surface area contributed by atoms with E-state index < -0.39 is 0 Å². The van der Waals surface area contributed by atoms with Crippen LogP contribution in [-0.4, -0.2) is 39.8 Å². The number of nitrogens with one attached hydrogen (secondary N) is 1. The van der Waals surface area contributed by atoms with Crippen LogP contribution in [0, 0.1) is 0 Å². The standard InChI is InChI=1S/C25H23BrN2O6/c1-31-21-10-16(11-22(32-2)24(21)33-3)25(30)27-18-8-9-20-19(12-18)28(23(29)14-34-20)13-15-4-6-17(26)7-5-15/h4-12H,13-14H2,1-3H3,(H,27,30). The minimum atomic E-state index is -0.373. The Morgan fingerprint density at radius 3 is 2.29 bits per heavy atom. The van der Waals surface area contributed by atoms with Gasteiger partial charge in [0.2, 0.25) is 5.75 Å². The van der Waals surface area contributed by atoms with Gasteiger partial charge in [0, 0.05) is 15.7 Å². The zero-order chi connectivity index (χ0) is 24.2. The summed E-state index contributed by atoms with van der Waals surface area (Å²) < 4.78 is 22.5. The minimum Gasteiger partial charge on any atom is -0.493 e. The van der Waals surface area contributed by atoms with Crippen molar-refractivity contribution in [1.29, 1.82) is 0 Å². The summed E-state index contributed by atoms with van der Waals surface area (Å²) >= 11 is 3.42. The third-order valence-electron chi connectivity index (χ3n) is 5.34. The van der Waals surface area contributed by atoms with Gasteiger partial charge in [0.1, 0.15) is 5.75 Å². The number of rotatable bonds is 7. The van der Waals surface area contributed by atoms with E-state index in [0.717, 1.165) is 10.0 Å². The summed E-state index contributed by atoms with van der Waals surface area (Å²) in [5.41, 5.74) is 2.39. The van der Waals surface area contributed by atoms with Gasteiger partial charge in [0.05, 0.1) is 33.6 Å². The summed E-state index contributed by atoms with van der Waals surface area (Å²) in [4.78, 5) is 27.3.